The maximum Gasteiger partial charge on any atom is 0.513 e. The summed E-state index contributed by atoms with van der Waals surface area (Å²) >= 11 is 0. The van der Waals surface area contributed by atoms with E-state index in [-0.39, 0.29) is 17.4 Å². The van der Waals surface area contributed by atoms with Crippen LogP contribution in [0.3, 0.4) is 0 Å². The van der Waals surface area contributed by atoms with Gasteiger partial charge >= 0.3 is 6.16 Å². The van der Waals surface area contributed by atoms with Crippen molar-refractivity contribution in [3.05, 3.63) is 33.4 Å². The molecular formula is C18H22N2O5. The van der Waals surface area contributed by atoms with Crippen LogP contribution in [0.1, 0.15) is 42.7 Å². The number of carbonyl (C=O) groups is 1. The van der Waals surface area contributed by atoms with Crippen LogP contribution in [0.5, 0.6) is 5.75 Å². The number of hydrogen-bond donors (Lipinski definition) is 0. The number of nitrogens with zero attached hydrogens (tertiary/aromatic N) is 2. The average molecular weight is 346 g/mol. The van der Waals surface area contributed by atoms with Gasteiger partial charge in [-0.1, -0.05) is 24.7 Å². The molecule has 1 aliphatic rings. The lowest BCUT2D eigenvalue weighted by molar-refractivity contribution is -0.385. The van der Waals surface area contributed by atoms with Crippen molar-refractivity contribution >= 4 is 11.8 Å². The highest BCUT2D eigenvalue weighted by molar-refractivity contribution is 5.67. The van der Waals surface area contributed by atoms with E-state index in [0.29, 0.717) is 12.1 Å². The molecule has 1 aromatic carbocycles. The van der Waals surface area contributed by atoms with Crippen molar-refractivity contribution in [1.29, 1.82) is 0 Å². The molecule has 7 nitrogen and oxygen atoms in total. The molecule has 0 amide bonds. The van der Waals surface area contributed by atoms with Crippen molar-refractivity contribution in [1.82, 2.24) is 4.90 Å². The van der Waals surface area contributed by atoms with Gasteiger partial charge in [0.1, 0.15) is 11.3 Å². The third kappa shape index (κ3) is 4.94. The molecule has 0 bridgehead atoms. The minimum atomic E-state index is -0.889. The molecule has 2 rings (SSSR count). The van der Waals surface area contributed by atoms with Crippen LogP contribution in [-0.4, -0.2) is 43.7 Å². The number of nitro benzene ring substituents is 1. The number of methoxy groups -OCH3 is 1. The van der Waals surface area contributed by atoms with Crippen molar-refractivity contribution in [2.45, 2.75) is 31.6 Å². The Balaban J connectivity index is 2.50. The molecule has 25 heavy (non-hydrogen) atoms. The summed E-state index contributed by atoms with van der Waals surface area (Å²) < 4.78 is 9.70. The summed E-state index contributed by atoms with van der Waals surface area (Å²) in [5.74, 6) is 6.19. The Kier molecular flexibility index (Phi) is 6.37. The van der Waals surface area contributed by atoms with Crippen LogP contribution in [0, 0.1) is 22.0 Å². The minimum Gasteiger partial charge on any atom is -0.437 e. The quantitative estimate of drug-likeness (QED) is 0.273. The lowest BCUT2D eigenvalue weighted by Crippen LogP contribution is -2.11. The summed E-state index contributed by atoms with van der Waals surface area (Å²) in [4.78, 5) is 24.3. The van der Waals surface area contributed by atoms with Gasteiger partial charge in [0.05, 0.1) is 24.6 Å². The highest BCUT2D eigenvalue weighted by Gasteiger charge is 2.26. The van der Waals surface area contributed by atoms with Gasteiger partial charge in [0.15, 0.2) is 0 Å². The lowest BCUT2D eigenvalue weighted by atomic mass is 9.94. The fourth-order valence-electron chi connectivity index (χ4n) is 2.91. The maximum absolute atomic E-state index is 11.5. The van der Waals surface area contributed by atoms with E-state index in [0.717, 1.165) is 31.2 Å². The SMILES string of the molecule is COC(=O)Oc1cc([N+](=O)[O-])c(C#CCN(C)C)cc1C1CCCC1. The molecule has 0 radical (unpaired) electrons. The van der Waals surface area contributed by atoms with E-state index >= 15 is 0 Å². The number of ether oxygens (including phenoxy) is 2. The second-order valence-electron chi connectivity index (χ2n) is 6.24. The molecule has 0 spiro atoms. The minimum absolute atomic E-state index is 0.174. The van der Waals surface area contributed by atoms with Crippen molar-refractivity contribution in [3.8, 4) is 17.6 Å². The standard InChI is InChI=1S/C18H22N2O5/c1-19(2)10-6-9-14-11-15(13-7-4-5-8-13)17(25-18(21)24-3)12-16(14)20(22)23/h11-13H,4-5,7-8,10H2,1-3H3. The Morgan fingerprint density at radius 2 is 2.04 bits per heavy atom. The summed E-state index contributed by atoms with van der Waals surface area (Å²) in [5.41, 5.74) is 0.945. The summed E-state index contributed by atoms with van der Waals surface area (Å²) in [6, 6.07) is 2.97. The first-order chi connectivity index (χ1) is 11.9. The predicted octanol–water partition coefficient (Wildman–Crippen LogP) is 3.31. The summed E-state index contributed by atoms with van der Waals surface area (Å²) in [6.07, 6.45) is 3.20. The Bertz CT molecular complexity index is 712. The smallest absolute Gasteiger partial charge is 0.437 e. The number of hydrogen-bond acceptors (Lipinski definition) is 6. The van der Waals surface area contributed by atoms with Gasteiger partial charge in [-0.3, -0.25) is 15.0 Å². The van der Waals surface area contributed by atoms with Gasteiger partial charge in [-0.15, -0.1) is 0 Å². The van der Waals surface area contributed by atoms with Gasteiger partial charge in [-0.05, 0) is 44.5 Å². The van der Waals surface area contributed by atoms with Gasteiger partial charge in [0.25, 0.3) is 5.69 Å². The molecule has 1 aromatic rings. The van der Waals surface area contributed by atoms with E-state index in [1.54, 1.807) is 6.07 Å². The van der Waals surface area contributed by atoms with Crippen molar-refractivity contribution in [2.24, 2.45) is 0 Å². The van der Waals surface area contributed by atoms with Gasteiger partial charge < -0.3 is 9.47 Å². The van der Waals surface area contributed by atoms with E-state index in [2.05, 4.69) is 16.6 Å². The molecule has 1 fully saturated rings. The molecule has 0 N–H and O–H groups in total. The third-order valence-corrected chi connectivity index (χ3v) is 4.10. The molecule has 0 aromatic heterocycles. The van der Waals surface area contributed by atoms with Gasteiger partial charge in [0, 0.05) is 0 Å². The van der Waals surface area contributed by atoms with E-state index in [9.17, 15) is 14.9 Å². The van der Waals surface area contributed by atoms with Crippen LogP contribution in [0.4, 0.5) is 10.5 Å². The molecule has 0 unspecified atom stereocenters. The predicted molar refractivity (Wildman–Crippen MR) is 92.8 cm³/mol. The topological polar surface area (TPSA) is 81.9 Å². The molecule has 1 saturated carbocycles. The first kappa shape index (κ1) is 18.7. The first-order valence-electron chi connectivity index (χ1n) is 8.14. The Hall–Kier alpha value is -2.59. The molecular weight excluding hydrogens is 324 g/mol. The van der Waals surface area contributed by atoms with E-state index < -0.39 is 11.1 Å². The monoisotopic (exact) mass is 346 g/mol. The molecule has 7 heteroatoms. The molecule has 0 aliphatic heterocycles. The van der Waals surface area contributed by atoms with E-state index in [1.807, 2.05) is 19.0 Å². The number of carbonyl (C=O) groups excluding carboxylic acids is 1. The summed E-state index contributed by atoms with van der Waals surface area (Å²) in [5, 5.41) is 11.4. The highest BCUT2D eigenvalue weighted by atomic mass is 16.7. The largest absolute Gasteiger partial charge is 0.513 e. The van der Waals surface area contributed by atoms with Crippen LogP contribution in [0.2, 0.25) is 0 Å². The van der Waals surface area contributed by atoms with Crippen molar-refractivity contribution in [3.63, 3.8) is 0 Å². The van der Waals surface area contributed by atoms with E-state index in [4.69, 9.17) is 4.74 Å². The van der Waals surface area contributed by atoms with Gasteiger partial charge in [-0.2, -0.15) is 0 Å². The van der Waals surface area contributed by atoms with Gasteiger partial charge in [0.2, 0.25) is 0 Å². The fraction of sp³-hybridized carbons (Fsp3) is 0.500. The Morgan fingerprint density at radius 3 is 2.60 bits per heavy atom. The second-order valence-corrected chi connectivity index (χ2v) is 6.24. The summed E-state index contributed by atoms with van der Waals surface area (Å²) in [6.45, 7) is 0.496. The van der Waals surface area contributed by atoms with Crippen LogP contribution >= 0.6 is 0 Å². The van der Waals surface area contributed by atoms with Crippen molar-refractivity contribution < 1.29 is 19.2 Å². The zero-order valence-corrected chi connectivity index (χ0v) is 14.7. The van der Waals surface area contributed by atoms with Crippen molar-refractivity contribution in [2.75, 3.05) is 27.7 Å². The Labute approximate surface area is 147 Å². The van der Waals surface area contributed by atoms with Gasteiger partial charge in [-0.25, -0.2) is 4.79 Å². The highest BCUT2D eigenvalue weighted by Crippen LogP contribution is 2.41. The maximum atomic E-state index is 11.5. The van der Waals surface area contributed by atoms with Crippen LogP contribution in [0.25, 0.3) is 0 Å². The number of nitro groups is 1. The number of rotatable bonds is 4. The fourth-order valence-corrected chi connectivity index (χ4v) is 2.91. The Morgan fingerprint density at radius 1 is 1.36 bits per heavy atom. The average Bonchev–Trinajstić information content (AvgIpc) is 3.09. The van der Waals surface area contributed by atoms with Crippen LogP contribution < -0.4 is 4.74 Å². The second kappa shape index (κ2) is 8.49. The van der Waals surface area contributed by atoms with E-state index in [1.165, 1.54) is 13.2 Å². The molecule has 0 atom stereocenters. The number of benzene rings is 1. The van der Waals surface area contributed by atoms with Crippen LogP contribution in [0.15, 0.2) is 12.1 Å². The normalized spacial score (nSPS) is 14.1. The molecule has 0 saturated heterocycles. The first-order valence-corrected chi connectivity index (χ1v) is 8.14. The summed E-state index contributed by atoms with van der Waals surface area (Å²) in [7, 11) is 4.95. The molecule has 134 valence electrons. The molecule has 1 aliphatic carbocycles. The lowest BCUT2D eigenvalue weighted by Gasteiger charge is -2.15. The zero-order valence-electron chi connectivity index (χ0n) is 14.7. The molecule has 0 heterocycles. The van der Waals surface area contributed by atoms with Crippen LogP contribution in [-0.2, 0) is 4.74 Å². The zero-order chi connectivity index (χ0) is 18.4. The third-order valence-electron chi connectivity index (χ3n) is 4.10.